The molecule has 0 saturated carbocycles. The summed E-state index contributed by atoms with van der Waals surface area (Å²) in [7, 11) is 0. The zero-order valence-corrected chi connectivity index (χ0v) is 13.4. The van der Waals surface area contributed by atoms with Gasteiger partial charge in [0.25, 0.3) is 0 Å². The molecule has 0 aliphatic heterocycles. The molecule has 0 saturated heterocycles. The third-order valence-electron chi connectivity index (χ3n) is 3.59. The first kappa shape index (κ1) is 16.3. The summed E-state index contributed by atoms with van der Waals surface area (Å²) in [6, 6.07) is 9.79. The van der Waals surface area contributed by atoms with Gasteiger partial charge in [0.1, 0.15) is 17.5 Å². The summed E-state index contributed by atoms with van der Waals surface area (Å²) in [4.78, 5) is 12.7. The lowest BCUT2D eigenvalue weighted by Crippen LogP contribution is -2.13. The minimum Gasteiger partial charge on any atom is -0.288 e. The maximum Gasteiger partial charge on any atom is 0.201 e. The van der Waals surface area contributed by atoms with Crippen LogP contribution in [-0.2, 0) is 5.88 Å². The molecule has 1 aromatic heterocycles. The fraction of sp³-hybridized carbons (Fsp3) is 0.118. The van der Waals surface area contributed by atoms with Gasteiger partial charge in [-0.1, -0.05) is 18.2 Å². The first-order valence-corrected chi connectivity index (χ1v) is 7.63. The molecule has 0 bridgehead atoms. The molecule has 122 valence electrons. The lowest BCUT2D eigenvalue weighted by atomic mass is 10.0. The van der Waals surface area contributed by atoms with Crippen LogP contribution in [0.3, 0.4) is 0 Å². The van der Waals surface area contributed by atoms with E-state index in [0.29, 0.717) is 17.3 Å². The van der Waals surface area contributed by atoms with Gasteiger partial charge in [0.15, 0.2) is 5.82 Å². The maximum atomic E-state index is 14.0. The van der Waals surface area contributed by atoms with Crippen molar-refractivity contribution in [3.63, 3.8) is 0 Å². The molecule has 4 nitrogen and oxygen atoms in total. The van der Waals surface area contributed by atoms with E-state index < -0.39 is 23.0 Å². The molecule has 0 amide bonds. The monoisotopic (exact) mass is 347 g/mol. The number of ketones is 1. The summed E-state index contributed by atoms with van der Waals surface area (Å²) in [5.41, 5.74) is -0.0397. The molecule has 0 N–H and O–H groups in total. The molecule has 0 unspecified atom stereocenters. The van der Waals surface area contributed by atoms with Crippen molar-refractivity contribution in [2.45, 2.75) is 12.8 Å². The zero-order chi connectivity index (χ0) is 17.3. The van der Waals surface area contributed by atoms with Gasteiger partial charge in [-0.15, -0.1) is 21.8 Å². The number of carbonyl (C=O) groups excluding carboxylic acids is 1. The van der Waals surface area contributed by atoms with Crippen molar-refractivity contribution < 1.29 is 13.6 Å². The minimum atomic E-state index is -0.909. The van der Waals surface area contributed by atoms with E-state index in [0.717, 1.165) is 12.1 Å². The van der Waals surface area contributed by atoms with Crippen molar-refractivity contribution >= 4 is 17.4 Å². The van der Waals surface area contributed by atoms with E-state index in [4.69, 9.17) is 11.6 Å². The molecule has 3 aromatic rings. The summed E-state index contributed by atoms with van der Waals surface area (Å²) in [5, 5.41) is 7.88. The van der Waals surface area contributed by atoms with Gasteiger partial charge in [-0.2, -0.15) is 0 Å². The molecular weight excluding hydrogens is 336 g/mol. The Morgan fingerprint density at radius 2 is 1.75 bits per heavy atom. The highest BCUT2D eigenvalue weighted by Crippen LogP contribution is 2.24. The summed E-state index contributed by atoms with van der Waals surface area (Å²) in [6.45, 7) is 1.70. The van der Waals surface area contributed by atoms with Crippen molar-refractivity contribution in [1.82, 2.24) is 14.8 Å². The van der Waals surface area contributed by atoms with Gasteiger partial charge in [-0.05, 0) is 31.2 Å². The number of aromatic nitrogens is 3. The molecular formula is C17H12ClF2N3O. The normalized spacial score (nSPS) is 10.8. The van der Waals surface area contributed by atoms with Crippen LogP contribution in [0.2, 0.25) is 0 Å². The van der Waals surface area contributed by atoms with Crippen LogP contribution in [0, 0.1) is 18.6 Å². The van der Waals surface area contributed by atoms with E-state index >= 15 is 0 Å². The van der Waals surface area contributed by atoms with E-state index in [9.17, 15) is 13.6 Å². The topological polar surface area (TPSA) is 47.8 Å². The van der Waals surface area contributed by atoms with Gasteiger partial charge in [0.2, 0.25) is 5.78 Å². The Morgan fingerprint density at radius 3 is 2.42 bits per heavy atom. The number of rotatable bonds is 4. The number of alkyl halides is 1. The van der Waals surface area contributed by atoms with E-state index in [-0.39, 0.29) is 11.4 Å². The largest absolute Gasteiger partial charge is 0.288 e. The molecule has 1 heterocycles. The molecule has 0 atom stereocenters. The van der Waals surface area contributed by atoms with Gasteiger partial charge in [0.05, 0.1) is 17.1 Å². The molecule has 7 heteroatoms. The lowest BCUT2D eigenvalue weighted by molar-refractivity contribution is 0.103. The molecule has 3 rings (SSSR count). The first-order chi connectivity index (χ1) is 11.5. The molecule has 0 radical (unpaired) electrons. The van der Waals surface area contributed by atoms with Crippen molar-refractivity contribution in [3.8, 4) is 5.69 Å². The van der Waals surface area contributed by atoms with Crippen molar-refractivity contribution in [2.75, 3.05) is 0 Å². The molecule has 0 spiro atoms. The van der Waals surface area contributed by atoms with Crippen LogP contribution in [0.1, 0.15) is 27.6 Å². The summed E-state index contributed by atoms with van der Waals surface area (Å²) >= 11 is 5.87. The highest BCUT2D eigenvalue weighted by molar-refractivity contribution is 6.16. The average Bonchev–Trinajstić information content (AvgIpc) is 2.95. The van der Waals surface area contributed by atoms with Crippen LogP contribution in [-0.4, -0.2) is 20.5 Å². The van der Waals surface area contributed by atoms with E-state index in [1.165, 1.54) is 12.1 Å². The van der Waals surface area contributed by atoms with Crippen molar-refractivity contribution in [3.05, 3.63) is 76.9 Å². The van der Waals surface area contributed by atoms with Gasteiger partial charge < -0.3 is 0 Å². The maximum absolute atomic E-state index is 14.0. The second-order valence-corrected chi connectivity index (χ2v) is 5.34. The summed E-state index contributed by atoms with van der Waals surface area (Å²) < 4.78 is 29.5. The third kappa shape index (κ3) is 2.69. The summed E-state index contributed by atoms with van der Waals surface area (Å²) in [5.74, 6) is -1.55. The van der Waals surface area contributed by atoms with Gasteiger partial charge in [-0.25, -0.2) is 8.78 Å². The standard InChI is InChI=1S/C17H12ClF2N3O/c1-10-21-22-15(9-18)23(10)14-8-3-2-5-11(14)17(24)16-12(19)6-4-7-13(16)20/h2-8H,9H2,1H3. The summed E-state index contributed by atoms with van der Waals surface area (Å²) in [6.07, 6.45) is 0. The Morgan fingerprint density at radius 1 is 1.08 bits per heavy atom. The predicted octanol–water partition coefficient (Wildman–Crippen LogP) is 3.82. The molecule has 0 aliphatic carbocycles. The van der Waals surface area contributed by atoms with Crippen LogP contribution >= 0.6 is 11.6 Å². The van der Waals surface area contributed by atoms with Crippen LogP contribution < -0.4 is 0 Å². The van der Waals surface area contributed by atoms with E-state index in [1.807, 2.05) is 0 Å². The Balaban J connectivity index is 2.21. The minimum absolute atomic E-state index is 0.0808. The lowest BCUT2D eigenvalue weighted by Gasteiger charge is -2.13. The first-order valence-electron chi connectivity index (χ1n) is 7.09. The number of para-hydroxylation sites is 1. The fourth-order valence-electron chi connectivity index (χ4n) is 2.52. The number of hydrogen-bond acceptors (Lipinski definition) is 3. The second kappa shape index (κ2) is 6.49. The van der Waals surface area contributed by atoms with Gasteiger partial charge in [-0.3, -0.25) is 9.36 Å². The van der Waals surface area contributed by atoms with Crippen molar-refractivity contribution in [2.24, 2.45) is 0 Å². The Hall–Kier alpha value is -2.60. The Bertz CT molecular complexity index is 904. The Labute approximate surface area is 141 Å². The van der Waals surface area contributed by atoms with Gasteiger partial charge >= 0.3 is 0 Å². The van der Waals surface area contributed by atoms with Crippen LogP contribution in [0.25, 0.3) is 5.69 Å². The molecule has 0 fully saturated rings. The molecule has 24 heavy (non-hydrogen) atoms. The van der Waals surface area contributed by atoms with Crippen LogP contribution in [0.5, 0.6) is 0 Å². The van der Waals surface area contributed by atoms with Crippen LogP contribution in [0.4, 0.5) is 8.78 Å². The van der Waals surface area contributed by atoms with Crippen LogP contribution in [0.15, 0.2) is 42.5 Å². The number of carbonyl (C=O) groups is 1. The molecule has 0 aliphatic rings. The fourth-order valence-corrected chi connectivity index (χ4v) is 2.69. The van der Waals surface area contributed by atoms with Gasteiger partial charge in [0, 0.05) is 5.56 Å². The Kier molecular flexibility index (Phi) is 4.40. The van der Waals surface area contributed by atoms with E-state index in [1.54, 1.807) is 29.7 Å². The third-order valence-corrected chi connectivity index (χ3v) is 3.83. The van der Waals surface area contributed by atoms with E-state index in [2.05, 4.69) is 10.2 Å². The predicted molar refractivity (Wildman–Crippen MR) is 85.4 cm³/mol. The highest BCUT2D eigenvalue weighted by Gasteiger charge is 2.23. The number of hydrogen-bond donors (Lipinski definition) is 0. The SMILES string of the molecule is Cc1nnc(CCl)n1-c1ccccc1C(=O)c1c(F)cccc1F. The number of aryl methyl sites for hydroxylation is 1. The second-order valence-electron chi connectivity index (χ2n) is 5.08. The molecule has 2 aromatic carbocycles. The number of nitrogens with zero attached hydrogens (tertiary/aromatic N) is 3. The quantitative estimate of drug-likeness (QED) is 0.532. The highest BCUT2D eigenvalue weighted by atomic mass is 35.5. The zero-order valence-electron chi connectivity index (χ0n) is 12.6. The number of halogens is 3. The van der Waals surface area contributed by atoms with Crippen molar-refractivity contribution in [1.29, 1.82) is 0 Å². The average molecular weight is 348 g/mol. The smallest absolute Gasteiger partial charge is 0.201 e. The number of benzene rings is 2.